The average Bonchev–Trinajstić information content (AvgIpc) is 3.55. The smallest absolute Gasteiger partial charge is 0.303 e. The number of aliphatic hydroxyl groups excluding tert-OH is 1. The highest BCUT2D eigenvalue weighted by molar-refractivity contribution is 5.87. The van der Waals surface area contributed by atoms with Gasteiger partial charge in [-0.1, -0.05) is 30.7 Å². The second kappa shape index (κ2) is 14.4. The molecule has 7 atom stereocenters. The minimum atomic E-state index is -0.817. The minimum Gasteiger partial charge on any atom is -0.481 e. The summed E-state index contributed by atoms with van der Waals surface area (Å²) < 4.78 is 16.7. The molecule has 9 heteroatoms. The Hall–Kier alpha value is -2.49. The van der Waals surface area contributed by atoms with E-state index < -0.39 is 24.1 Å². The highest BCUT2D eigenvalue weighted by Gasteiger charge is 2.45. The van der Waals surface area contributed by atoms with Gasteiger partial charge in [-0.2, -0.15) is 0 Å². The molecule has 2 saturated heterocycles. The maximum absolute atomic E-state index is 12.3. The monoisotopic (exact) mass is 521 g/mol. The molecule has 9 nitrogen and oxygen atoms in total. The van der Waals surface area contributed by atoms with Crippen molar-refractivity contribution < 1.29 is 38.8 Å². The Balaban J connectivity index is 1.77. The van der Waals surface area contributed by atoms with Gasteiger partial charge in [0, 0.05) is 25.8 Å². The molecule has 7 unspecified atom stereocenters. The molecule has 37 heavy (non-hydrogen) atoms. The molecule has 2 aliphatic rings. The van der Waals surface area contributed by atoms with Crippen molar-refractivity contribution in [3.8, 4) is 0 Å². The summed E-state index contributed by atoms with van der Waals surface area (Å²) in [6.07, 6.45) is 10.7. The highest BCUT2D eigenvalue weighted by atomic mass is 16.6. The Morgan fingerprint density at radius 3 is 2.51 bits per heavy atom. The van der Waals surface area contributed by atoms with E-state index in [2.05, 4.69) is 18.3 Å². The number of nitrogens with one attached hydrogen (secondary N) is 1. The molecule has 0 aromatic carbocycles. The van der Waals surface area contributed by atoms with Gasteiger partial charge in [0.15, 0.2) is 0 Å². The van der Waals surface area contributed by atoms with E-state index in [0.29, 0.717) is 25.9 Å². The zero-order chi connectivity index (χ0) is 27.6. The second-order valence-electron chi connectivity index (χ2n) is 10.4. The van der Waals surface area contributed by atoms with Crippen LogP contribution in [0, 0.1) is 5.92 Å². The van der Waals surface area contributed by atoms with Crippen molar-refractivity contribution in [2.75, 3.05) is 6.61 Å². The van der Waals surface area contributed by atoms with E-state index in [1.165, 1.54) is 13.0 Å². The third kappa shape index (κ3) is 11.6. The molecule has 2 aliphatic heterocycles. The molecule has 0 spiro atoms. The predicted molar refractivity (Wildman–Crippen MR) is 139 cm³/mol. The first-order valence-corrected chi connectivity index (χ1v) is 13.1. The predicted octanol–water partition coefficient (Wildman–Crippen LogP) is 3.46. The standard InChI is InChI=1S/C28H43NO8/c1-18(8-11-23(31)16-28(17-35-28)14-6-7-27(33)34)9-12-25-19(2)15-24(21(4)37-25)29-26(32)13-10-20(3)36-22(5)30/h8-11,13,19-21,23-25,31H,6-7,12,14-17H2,1-5H3,(H,29,32)(H,33,34). The van der Waals surface area contributed by atoms with E-state index in [1.54, 1.807) is 19.1 Å². The number of allylic oxidation sites excluding steroid dienone is 2. The van der Waals surface area contributed by atoms with Crippen molar-refractivity contribution in [3.63, 3.8) is 0 Å². The summed E-state index contributed by atoms with van der Waals surface area (Å²) >= 11 is 0. The molecular weight excluding hydrogens is 478 g/mol. The van der Waals surface area contributed by atoms with E-state index >= 15 is 0 Å². The van der Waals surface area contributed by atoms with E-state index in [1.807, 2.05) is 19.9 Å². The number of epoxide rings is 1. The largest absolute Gasteiger partial charge is 0.481 e. The van der Waals surface area contributed by atoms with Gasteiger partial charge in [0.25, 0.3) is 0 Å². The molecule has 0 saturated carbocycles. The van der Waals surface area contributed by atoms with Gasteiger partial charge in [-0.05, 0) is 58.4 Å². The zero-order valence-electron chi connectivity index (χ0n) is 22.6. The first-order valence-electron chi connectivity index (χ1n) is 13.1. The van der Waals surface area contributed by atoms with Gasteiger partial charge in [0.05, 0.1) is 36.6 Å². The quantitative estimate of drug-likeness (QED) is 0.137. The summed E-state index contributed by atoms with van der Waals surface area (Å²) in [6.45, 7) is 9.62. The minimum absolute atomic E-state index is 0.0216. The Morgan fingerprint density at radius 1 is 1.19 bits per heavy atom. The number of rotatable bonds is 14. The Labute approximate surface area is 219 Å². The van der Waals surface area contributed by atoms with Crippen molar-refractivity contribution in [1.29, 1.82) is 0 Å². The van der Waals surface area contributed by atoms with E-state index in [9.17, 15) is 19.5 Å². The first-order chi connectivity index (χ1) is 17.4. The van der Waals surface area contributed by atoms with E-state index in [-0.39, 0.29) is 42.1 Å². The lowest BCUT2D eigenvalue weighted by atomic mass is 9.88. The van der Waals surface area contributed by atoms with Crippen LogP contribution in [0.25, 0.3) is 0 Å². The number of carbonyl (C=O) groups is 3. The van der Waals surface area contributed by atoms with Crippen molar-refractivity contribution in [2.45, 2.75) is 109 Å². The van der Waals surface area contributed by atoms with Crippen molar-refractivity contribution in [3.05, 3.63) is 36.0 Å². The Bertz CT molecular complexity index is 875. The van der Waals surface area contributed by atoms with Crippen LogP contribution >= 0.6 is 0 Å². The van der Waals surface area contributed by atoms with Gasteiger partial charge in [0.1, 0.15) is 6.10 Å². The molecular formula is C28H43NO8. The second-order valence-corrected chi connectivity index (χ2v) is 10.4. The first kappa shape index (κ1) is 30.7. The van der Waals surface area contributed by atoms with Crippen molar-refractivity contribution >= 4 is 17.8 Å². The summed E-state index contributed by atoms with van der Waals surface area (Å²) in [5, 5.41) is 22.2. The zero-order valence-corrected chi connectivity index (χ0v) is 22.6. The Kier molecular flexibility index (Phi) is 12.0. The van der Waals surface area contributed by atoms with Gasteiger partial charge in [-0.15, -0.1) is 0 Å². The molecule has 0 radical (unpaired) electrons. The number of carbonyl (C=O) groups excluding carboxylic acids is 2. The fourth-order valence-corrected chi connectivity index (χ4v) is 4.58. The lowest BCUT2D eigenvalue weighted by Gasteiger charge is -2.39. The van der Waals surface area contributed by atoms with Crippen LogP contribution in [0.5, 0.6) is 0 Å². The lowest BCUT2D eigenvalue weighted by Crippen LogP contribution is -2.50. The molecule has 0 bridgehead atoms. The van der Waals surface area contributed by atoms with Crippen LogP contribution in [-0.2, 0) is 28.6 Å². The number of carboxylic acid groups (broad SMARTS) is 1. The third-order valence-corrected chi connectivity index (χ3v) is 6.82. The SMILES string of the molecule is CC(=O)OC(C)C=CC(=O)NC1CC(C)C(CC=C(C)C=CC(O)CC2(CCCC(=O)O)CO2)OC1C. The van der Waals surface area contributed by atoms with Crippen LogP contribution in [-0.4, -0.2) is 70.7 Å². The topological polar surface area (TPSA) is 135 Å². The van der Waals surface area contributed by atoms with Gasteiger partial charge in [-0.25, -0.2) is 0 Å². The van der Waals surface area contributed by atoms with Gasteiger partial charge < -0.3 is 29.7 Å². The molecule has 2 heterocycles. The van der Waals surface area contributed by atoms with Crippen molar-refractivity contribution in [1.82, 2.24) is 5.32 Å². The number of aliphatic carboxylic acids is 1. The van der Waals surface area contributed by atoms with Crippen molar-refractivity contribution in [2.24, 2.45) is 5.92 Å². The van der Waals surface area contributed by atoms with E-state index in [4.69, 9.17) is 19.3 Å². The van der Waals surface area contributed by atoms with Gasteiger partial charge >= 0.3 is 11.9 Å². The number of esters is 1. The van der Waals surface area contributed by atoms with Crippen LogP contribution in [0.1, 0.15) is 73.1 Å². The fraction of sp³-hybridized carbons (Fsp3) is 0.679. The summed E-state index contributed by atoms with van der Waals surface area (Å²) in [4.78, 5) is 34.0. The Morgan fingerprint density at radius 2 is 1.89 bits per heavy atom. The molecule has 208 valence electrons. The van der Waals surface area contributed by atoms with E-state index in [0.717, 1.165) is 18.4 Å². The summed E-state index contributed by atoms with van der Waals surface area (Å²) in [6, 6.07) is -0.111. The molecule has 2 rings (SSSR count). The molecule has 2 fully saturated rings. The van der Waals surface area contributed by atoms with Crippen LogP contribution in [0.15, 0.2) is 36.0 Å². The number of hydrogen-bond acceptors (Lipinski definition) is 7. The number of carboxylic acids is 1. The number of ether oxygens (including phenoxy) is 3. The maximum atomic E-state index is 12.3. The summed E-state index contributed by atoms with van der Waals surface area (Å²) in [5.41, 5.74) is 0.627. The van der Waals surface area contributed by atoms with Crippen LogP contribution < -0.4 is 5.32 Å². The van der Waals surface area contributed by atoms with Crippen LogP contribution in [0.3, 0.4) is 0 Å². The maximum Gasteiger partial charge on any atom is 0.303 e. The number of aliphatic hydroxyl groups is 1. The molecule has 0 aliphatic carbocycles. The van der Waals surface area contributed by atoms with Gasteiger partial charge in [0.2, 0.25) is 5.91 Å². The molecule has 3 N–H and O–H groups in total. The number of amides is 1. The number of hydrogen-bond donors (Lipinski definition) is 3. The molecule has 1 amide bonds. The summed E-state index contributed by atoms with van der Waals surface area (Å²) in [7, 11) is 0. The van der Waals surface area contributed by atoms with Gasteiger partial charge in [-0.3, -0.25) is 14.4 Å². The third-order valence-electron chi connectivity index (χ3n) is 6.82. The normalized spacial score (nSPS) is 29.7. The van der Waals surface area contributed by atoms with Crippen LogP contribution in [0.4, 0.5) is 0 Å². The fourth-order valence-electron chi connectivity index (χ4n) is 4.58. The average molecular weight is 522 g/mol. The van der Waals surface area contributed by atoms with Crippen LogP contribution in [0.2, 0.25) is 0 Å². The molecule has 0 aromatic rings. The lowest BCUT2D eigenvalue weighted by molar-refractivity contribution is -0.143. The highest BCUT2D eigenvalue weighted by Crippen LogP contribution is 2.37. The summed E-state index contributed by atoms with van der Waals surface area (Å²) in [5.74, 6) is -1.22. The molecule has 0 aromatic heterocycles.